The van der Waals surface area contributed by atoms with Crippen molar-refractivity contribution in [2.24, 2.45) is 5.92 Å². The van der Waals surface area contributed by atoms with Crippen LogP contribution in [-0.2, 0) is 18.3 Å². The van der Waals surface area contributed by atoms with Crippen molar-refractivity contribution in [3.8, 4) is 22.7 Å². The van der Waals surface area contributed by atoms with Gasteiger partial charge in [0.05, 0.1) is 42.9 Å². The molecule has 1 aliphatic rings. The molecule has 0 aliphatic heterocycles. The van der Waals surface area contributed by atoms with Crippen molar-refractivity contribution in [2.45, 2.75) is 58.9 Å². The predicted molar refractivity (Wildman–Crippen MR) is 175 cm³/mol. The maximum atomic E-state index is 13.7. The SMILES string of the molecule is CCOP(=O)(CCCOCC1CCCC(NC(=O)c2nn(-c3ccc(Cl)cc3Cl)c(-c3ccc(OC)cc3)c2C)C1)OCC. The number of aromatic nitrogens is 2. The van der Waals surface area contributed by atoms with Gasteiger partial charge >= 0.3 is 7.60 Å². The number of halogens is 2. The molecule has 2 unspecified atom stereocenters. The highest BCUT2D eigenvalue weighted by atomic mass is 35.5. The topological polar surface area (TPSA) is 101 Å². The van der Waals surface area contributed by atoms with E-state index in [-0.39, 0.29) is 11.9 Å². The van der Waals surface area contributed by atoms with Gasteiger partial charge in [-0.15, -0.1) is 0 Å². The van der Waals surface area contributed by atoms with Gasteiger partial charge in [0.1, 0.15) is 5.75 Å². The van der Waals surface area contributed by atoms with Crippen LogP contribution in [0.4, 0.5) is 0 Å². The second-order valence-corrected chi connectivity index (χ2v) is 13.9. The number of benzene rings is 2. The molecular formula is C32H42Cl2N3O6P. The second-order valence-electron chi connectivity index (χ2n) is 10.9. The van der Waals surface area contributed by atoms with Crippen LogP contribution in [0.2, 0.25) is 10.0 Å². The minimum absolute atomic E-state index is 0.00841. The quantitative estimate of drug-likeness (QED) is 0.129. The van der Waals surface area contributed by atoms with Gasteiger partial charge in [0, 0.05) is 35.4 Å². The van der Waals surface area contributed by atoms with Crippen molar-refractivity contribution in [1.29, 1.82) is 0 Å². The molecule has 0 saturated heterocycles. The Morgan fingerprint density at radius 1 is 1.09 bits per heavy atom. The Bertz CT molecular complexity index is 1440. The zero-order valence-corrected chi connectivity index (χ0v) is 28.2. The fourth-order valence-corrected chi connectivity index (χ4v) is 7.75. The summed E-state index contributed by atoms with van der Waals surface area (Å²) in [5.74, 6) is 0.822. The molecule has 240 valence electrons. The van der Waals surface area contributed by atoms with Gasteiger partial charge in [-0.25, -0.2) is 4.68 Å². The monoisotopic (exact) mass is 665 g/mol. The molecule has 1 amide bonds. The molecule has 0 bridgehead atoms. The van der Waals surface area contributed by atoms with E-state index in [0.29, 0.717) is 66.4 Å². The fourth-order valence-electron chi connectivity index (χ4n) is 5.62. The molecule has 2 atom stereocenters. The molecule has 2 aromatic carbocycles. The number of rotatable bonds is 15. The summed E-state index contributed by atoms with van der Waals surface area (Å²) in [7, 11) is -1.44. The first-order valence-corrected chi connectivity index (χ1v) is 17.6. The minimum atomic E-state index is -3.06. The number of ether oxygens (including phenoxy) is 2. The van der Waals surface area contributed by atoms with Gasteiger partial charge in [-0.3, -0.25) is 9.36 Å². The van der Waals surface area contributed by atoms with Gasteiger partial charge in [-0.1, -0.05) is 29.6 Å². The van der Waals surface area contributed by atoms with E-state index in [1.54, 1.807) is 30.0 Å². The number of hydrogen-bond donors (Lipinski definition) is 1. The Kier molecular flexibility index (Phi) is 12.7. The predicted octanol–water partition coefficient (Wildman–Crippen LogP) is 8.12. The van der Waals surface area contributed by atoms with Crippen LogP contribution in [0.5, 0.6) is 5.75 Å². The van der Waals surface area contributed by atoms with E-state index in [1.165, 1.54) is 0 Å². The second kappa shape index (κ2) is 16.3. The molecule has 1 saturated carbocycles. The average molecular weight is 667 g/mol. The van der Waals surface area contributed by atoms with Crippen LogP contribution in [0, 0.1) is 12.8 Å². The molecule has 12 heteroatoms. The summed E-state index contributed by atoms with van der Waals surface area (Å²) in [5, 5.41) is 8.93. The van der Waals surface area contributed by atoms with Gasteiger partial charge in [0.25, 0.3) is 5.91 Å². The molecule has 0 spiro atoms. The normalized spacial score (nSPS) is 17.0. The first kappa shape index (κ1) is 34.5. The summed E-state index contributed by atoms with van der Waals surface area (Å²) >= 11 is 12.8. The van der Waals surface area contributed by atoms with Gasteiger partial charge in [0.15, 0.2) is 5.69 Å². The highest BCUT2D eigenvalue weighted by molar-refractivity contribution is 7.53. The number of amides is 1. The minimum Gasteiger partial charge on any atom is -0.497 e. The van der Waals surface area contributed by atoms with Gasteiger partial charge in [-0.05, 0) is 94.8 Å². The number of methoxy groups -OCH3 is 1. The lowest BCUT2D eigenvalue weighted by Gasteiger charge is -2.29. The molecule has 0 radical (unpaired) electrons. The summed E-state index contributed by atoms with van der Waals surface area (Å²) in [4.78, 5) is 13.7. The largest absolute Gasteiger partial charge is 0.497 e. The highest BCUT2D eigenvalue weighted by Crippen LogP contribution is 2.48. The lowest BCUT2D eigenvalue weighted by atomic mass is 9.86. The Balaban J connectivity index is 1.43. The van der Waals surface area contributed by atoms with E-state index in [1.807, 2.05) is 45.0 Å². The highest BCUT2D eigenvalue weighted by Gasteiger charge is 2.28. The van der Waals surface area contributed by atoms with Crippen LogP contribution in [0.15, 0.2) is 42.5 Å². The Morgan fingerprint density at radius 2 is 1.82 bits per heavy atom. The molecule has 1 heterocycles. The van der Waals surface area contributed by atoms with Crippen molar-refractivity contribution in [2.75, 3.05) is 39.7 Å². The molecule has 4 rings (SSSR count). The number of carbonyl (C=O) groups is 1. The maximum absolute atomic E-state index is 13.7. The number of hydrogen-bond acceptors (Lipinski definition) is 7. The van der Waals surface area contributed by atoms with Crippen molar-refractivity contribution in [3.63, 3.8) is 0 Å². The number of nitrogens with zero attached hydrogens (tertiary/aromatic N) is 2. The van der Waals surface area contributed by atoms with Gasteiger partial charge < -0.3 is 23.8 Å². The number of nitrogens with one attached hydrogen (secondary N) is 1. The smallest absolute Gasteiger partial charge is 0.330 e. The third kappa shape index (κ3) is 8.87. The lowest BCUT2D eigenvalue weighted by Crippen LogP contribution is -2.39. The van der Waals surface area contributed by atoms with Gasteiger partial charge in [-0.2, -0.15) is 5.10 Å². The summed E-state index contributed by atoms with van der Waals surface area (Å²) in [6.07, 6.45) is 4.67. The summed E-state index contributed by atoms with van der Waals surface area (Å²) in [6, 6.07) is 12.8. The average Bonchev–Trinajstić information content (AvgIpc) is 3.34. The van der Waals surface area contributed by atoms with Crippen LogP contribution in [0.3, 0.4) is 0 Å². The third-order valence-electron chi connectivity index (χ3n) is 7.68. The molecule has 44 heavy (non-hydrogen) atoms. The van der Waals surface area contributed by atoms with Crippen LogP contribution in [0.1, 0.15) is 62.0 Å². The molecule has 1 fully saturated rings. The lowest BCUT2D eigenvalue weighted by molar-refractivity contribution is 0.0738. The van der Waals surface area contributed by atoms with Crippen LogP contribution < -0.4 is 10.1 Å². The summed E-state index contributed by atoms with van der Waals surface area (Å²) < 4.78 is 36.3. The van der Waals surface area contributed by atoms with Gasteiger partial charge in [0.2, 0.25) is 0 Å². The zero-order chi connectivity index (χ0) is 31.7. The van der Waals surface area contributed by atoms with Crippen molar-refractivity contribution >= 4 is 36.7 Å². The molecule has 1 aromatic heterocycles. The molecular weight excluding hydrogens is 624 g/mol. The van der Waals surface area contributed by atoms with E-state index < -0.39 is 7.60 Å². The van der Waals surface area contributed by atoms with E-state index in [9.17, 15) is 9.36 Å². The van der Waals surface area contributed by atoms with E-state index in [4.69, 9.17) is 46.8 Å². The standard InChI is InChI=1S/C32H42Cl2N3O6P/c1-5-42-44(39,43-6-2)18-8-17-41-21-23-9-7-10-26(19-23)35-32(38)30-22(3)31(24-11-14-27(40-4)15-12-24)37(36-30)29-16-13-25(33)20-28(29)34/h11-16,20,23,26H,5-10,17-19,21H2,1-4H3,(H,35,38). The first-order valence-electron chi connectivity index (χ1n) is 15.1. The van der Waals surface area contributed by atoms with E-state index >= 15 is 0 Å². The summed E-state index contributed by atoms with van der Waals surface area (Å²) in [5.41, 5.74) is 3.33. The summed E-state index contributed by atoms with van der Waals surface area (Å²) in [6.45, 7) is 7.29. The zero-order valence-electron chi connectivity index (χ0n) is 25.8. The Hall–Kier alpha value is -2.39. The molecule has 1 aliphatic carbocycles. The first-order chi connectivity index (χ1) is 21.2. The van der Waals surface area contributed by atoms with Crippen molar-refractivity contribution in [1.82, 2.24) is 15.1 Å². The van der Waals surface area contributed by atoms with Crippen molar-refractivity contribution in [3.05, 3.63) is 63.8 Å². The van der Waals surface area contributed by atoms with Crippen LogP contribution in [-0.4, -0.2) is 61.4 Å². The fraction of sp³-hybridized carbons (Fsp3) is 0.500. The van der Waals surface area contributed by atoms with Crippen LogP contribution >= 0.6 is 30.8 Å². The molecule has 9 nitrogen and oxygen atoms in total. The number of carbonyl (C=O) groups excluding carboxylic acids is 1. The van der Waals surface area contributed by atoms with Crippen LogP contribution in [0.25, 0.3) is 16.9 Å². The molecule has 1 N–H and O–H groups in total. The Labute approximate surface area is 270 Å². The third-order valence-corrected chi connectivity index (χ3v) is 10.4. The van der Waals surface area contributed by atoms with E-state index in [0.717, 1.165) is 48.3 Å². The van der Waals surface area contributed by atoms with E-state index in [2.05, 4.69) is 5.32 Å². The Morgan fingerprint density at radius 3 is 2.48 bits per heavy atom. The maximum Gasteiger partial charge on any atom is 0.330 e. The van der Waals surface area contributed by atoms with Crippen molar-refractivity contribution < 1.29 is 27.9 Å². The molecule has 3 aromatic rings.